The Balaban J connectivity index is 1.72. The molecule has 2 aliphatic rings. The predicted octanol–water partition coefficient (Wildman–Crippen LogP) is 3.33. The first-order valence-electron chi connectivity index (χ1n) is 8.26. The smallest absolute Gasteiger partial charge is 0.239 e. The van der Waals surface area contributed by atoms with Crippen molar-refractivity contribution in [3.05, 3.63) is 12.1 Å². The zero-order valence-corrected chi connectivity index (χ0v) is 13.2. The number of anilines is 2. The van der Waals surface area contributed by atoms with E-state index in [1.54, 1.807) is 0 Å². The summed E-state index contributed by atoms with van der Waals surface area (Å²) in [5, 5.41) is 0. The van der Waals surface area contributed by atoms with E-state index < -0.39 is 0 Å². The molecule has 2 fully saturated rings. The summed E-state index contributed by atoms with van der Waals surface area (Å²) in [5.74, 6) is 3.83. The van der Waals surface area contributed by atoms with Crippen molar-refractivity contribution in [2.24, 2.45) is 17.8 Å². The van der Waals surface area contributed by atoms with E-state index in [1.165, 1.54) is 25.7 Å². The highest BCUT2D eigenvalue weighted by atomic mass is 16.5. The zero-order valence-electron chi connectivity index (χ0n) is 13.2. The Morgan fingerprint density at radius 2 is 1.81 bits per heavy atom. The number of pyridine rings is 1. The Bertz CT molecular complexity index is 467. The van der Waals surface area contributed by atoms with Gasteiger partial charge in [0.15, 0.2) is 0 Å². The molecule has 1 aromatic rings. The Kier molecular flexibility index (Phi) is 4.22. The second kappa shape index (κ2) is 6.12. The molecule has 2 aliphatic carbocycles. The molecule has 1 heterocycles. The first kappa shape index (κ1) is 14.5. The minimum atomic E-state index is 0.476. The molecular formula is C17H27N3O. The number of nitrogens with two attached hydrogens (primary N) is 1. The summed E-state index contributed by atoms with van der Waals surface area (Å²) >= 11 is 0. The van der Waals surface area contributed by atoms with Crippen LogP contribution < -0.4 is 15.4 Å². The van der Waals surface area contributed by atoms with E-state index in [1.807, 2.05) is 12.1 Å². The summed E-state index contributed by atoms with van der Waals surface area (Å²) in [7, 11) is 0. The monoisotopic (exact) mass is 289 g/mol. The van der Waals surface area contributed by atoms with Crippen LogP contribution in [0.25, 0.3) is 0 Å². The lowest BCUT2D eigenvalue weighted by molar-refractivity contribution is 0.263. The van der Waals surface area contributed by atoms with Crippen LogP contribution in [0, 0.1) is 17.8 Å². The van der Waals surface area contributed by atoms with E-state index in [0.717, 1.165) is 30.7 Å². The third kappa shape index (κ3) is 4.26. The fourth-order valence-electron chi connectivity index (χ4n) is 2.46. The lowest BCUT2D eigenvalue weighted by atomic mass is 10.2. The van der Waals surface area contributed by atoms with Crippen molar-refractivity contribution in [1.82, 2.24) is 4.98 Å². The van der Waals surface area contributed by atoms with Gasteiger partial charge in [-0.1, -0.05) is 13.8 Å². The number of hydrogen-bond acceptors (Lipinski definition) is 4. The first-order chi connectivity index (χ1) is 10.1. The van der Waals surface area contributed by atoms with Crippen LogP contribution in [-0.4, -0.2) is 24.7 Å². The second-order valence-corrected chi connectivity index (χ2v) is 7.06. The molecule has 0 radical (unpaired) electrons. The maximum Gasteiger partial charge on any atom is 0.239 e. The summed E-state index contributed by atoms with van der Waals surface area (Å²) < 4.78 is 5.77. The van der Waals surface area contributed by atoms with Crippen molar-refractivity contribution >= 4 is 11.5 Å². The lowest BCUT2D eigenvalue weighted by Crippen LogP contribution is -2.29. The minimum Gasteiger partial charge on any atom is -0.476 e. The molecule has 2 N–H and O–H groups in total. The highest BCUT2D eigenvalue weighted by Gasteiger charge is 2.30. The fourth-order valence-corrected chi connectivity index (χ4v) is 2.46. The number of nitrogen functional groups attached to an aromatic ring is 1. The molecular weight excluding hydrogens is 262 g/mol. The number of hydrogen-bond donors (Lipinski definition) is 1. The SMILES string of the molecule is CC(C)COc1nc(N(CC2CC2)CC2CC2)ccc1N. The van der Waals surface area contributed by atoms with Crippen molar-refractivity contribution in [1.29, 1.82) is 0 Å². The Hall–Kier alpha value is -1.45. The molecule has 3 rings (SSSR count). The second-order valence-electron chi connectivity index (χ2n) is 7.06. The molecule has 21 heavy (non-hydrogen) atoms. The van der Waals surface area contributed by atoms with Gasteiger partial charge in [-0.15, -0.1) is 0 Å². The molecule has 0 saturated heterocycles. The van der Waals surface area contributed by atoms with Gasteiger partial charge in [-0.3, -0.25) is 0 Å². The molecule has 4 nitrogen and oxygen atoms in total. The van der Waals surface area contributed by atoms with Crippen molar-refractivity contribution in [2.45, 2.75) is 39.5 Å². The molecule has 0 bridgehead atoms. The Morgan fingerprint density at radius 3 is 2.33 bits per heavy atom. The topological polar surface area (TPSA) is 51.4 Å². The summed E-state index contributed by atoms with van der Waals surface area (Å²) in [5.41, 5.74) is 6.63. The van der Waals surface area contributed by atoms with Gasteiger partial charge in [0.25, 0.3) is 0 Å². The van der Waals surface area contributed by atoms with E-state index in [0.29, 0.717) is 24.1 Å². The van der Waals surface area contributed by atoms with Gasteiger partial charge in [-0.25, -0.2) is 0 Å². The molecule has 0 amide bonds. The average Bonchev–Trinajstić information content (AvgIpc) is 3.32. The van der Waals surface area contributed by atoms with Crippen molar-refractivity contribution in [2.75, 3.05) is 30.3 Å². The maximum atomic E-state index is 6.00. The predicted molar refractivity (Wildman–Crippen MR) is 86.6 cm³/mol. The van der Waals surface area contributed by atoms with Crippen molar-refractivity contribution in [3.8, 4) is 5.88 Å². The van der Waals surface area contributed by atoms with Gasteiger partial charge < -0.3 is 15.4 Å². The molecule has 0 unspecified atom stereocenters. The van der Waals surface area contributed by atoms with Crippen LogP contribution in [0.15, 0.2) is 12.1 Å². The van der Waals surface area contributed by atoms with E-state index in [-0.39, 0.29) is 0 Å². The van der Waals surface area contributed by atoms with Crippen molar-refractivity contribution < 1.29 is 4.74 Å². The van der Waals surface area contributed by atoms with Gasteiger partial charge in [-0.05, 0) is 55.6 Å². The molecule has 116 valence electrons. The highest BCUT2D eigenvalue weighted by Crippen LogP contribution is 2.36. The van der Waals surface area contributed by atoms with Crippen LogP contribution in [0.4, 0.5) is 11.5 Å². The first-order valence-corrected chi connectivity index (χ1v) is 8.26. The quantitative estimate of drug-likeness (QED) is 0.797. The zero-order chi connectivity index (χ0) is 14.8. The maximum absolute atomic E-state index is 6.00. The number of aromatic nitrogens is 1. The Labute approximate surface area is 127 Å². The van der Waals surface area contributed by atoms with E-state index in [2.05, 4.69) is 23.7 Å². The highest BCUT2D eigenvalue weighted by molar-refractivity contribution is 5.54. The molecule has 0 aliphatic heterocycles. The van der Waals surface area contributed by atoms with E-state index >= 15 is 0 Å². The van der Waals surface area contributed by atoms with Crippen molar-refractivity contribution in [3.63, 3.8) is 0 Å². The molecule has 1 aromatic heterocycles. The summed E-state index contributed by atoms with van der Waals surface area (Å²) in [6, 6.07) is 3.98. The van der Waals surface area contributed by atoms with Crippen LogP contribution >= 0.6 is 0 Å². The third-order valence-corrected chi connectivity index (χ3v) is 4.10. The Morgan fingerprint density at radius 1 is 1.19 bits per heavy atom. The van der Waals surface area contributed by atoms with Gasteiger partial charge in [0.05, 0.1) is 12.3 Å². The largest absolute Gasteiger partial charge is 0.476 e. The van der Waals surface area contributed by atoms with Crippen LogP contribution in [0.3, 0.4) is 0 Å². The third-order valence-electron chi connectivity index (χ3n) is 4.10. The van der Waals surface area contributed by atoms with E-state index in [9.17, 15) is 0 Å². The molecule has 4 heteroatoms. The normalized spacial score (nSPS) is 18.0. The molecule has 0 atom stereocenters. The van der Waals surface area contributed by atoms with Gasteiger partial charge >= 0.3 is 0 Å². The van der Waals surface area contributed by atoms with Gasteiger partial charge in [0.1, 0.15) is 5.82 Å². The molecule has 0 aromatic carbocycles. The van der Waals surface area contributed by atoms with Gasteiger partial charge in [0, 0.05) is 13.1 Å². The summed E-state index contributed by atoms with van der Waals surface area (Å²) in [6.45, 7) is 7.19. The number of nitrogens with zero attached hydrogens (tertiary/aromatic N) is 2. The molecule has 0 spiro atoms. The standard InChI is InChI=1S/C17H27N3O/c1-12(2)11-21-17-15(18)7-8-16(19-17)20(9-13-3-4-13)10-14-5-6-14/h7-8,12-14H,3-6,9-11,18H2,1-2H3. The summed E-state index contributed by atoms with van der Waals surface area (Å²) in [4.78, 5) is 7.13. The van der Waals surface area contributed by atoms with Gasteiger partial charge in [0.2, 0.25) is 5.88 Å². The fraction of sp³-hybridized carbons (Fsp3) is 0.706. The van der Waals surface area contributed by atoms with Crippen LogP contribution in [-0.2, 0) is 0 Å². The van der Waals surface area contributed by atoms with Crippen LogP contribution in [0.5, 0.6) is 5.88 Å². The average molecular weight is 289 g/mol. The van der Waals surface area contributed by atoms with Gasteiger partial charge in [-0.2, -0.15) is 4.98 Å². The number of rotatable bonds is 8. The summed E-state index contributed by atoms with van der Waals surface area (Å²) in [6.07, 6.45) is 5.47. The van der Waals surface area contributed by atoms with Crippen LogP contribution in [0.2, 0.25) is 0 Å². The number of ether oxygens (including phenoxy) is 1. The molecule has 2 saturated carbocycles. The lowest BCUT2D eigenvalue weighted by Gasteiger charge is -2.24. The van der Waals surface area contributed by atoms with Crippen LogP contribution in [0.1, 0.15) is 39.5 Å². The van der Waals surface area contributed by atoms with E-state index in [4.69, 9.17) is 10.5 Å². The minimum absolute atomic E-state index is 0.476.